The van der Waals surface area contributed by atoms with Crippen LogP contribution in [0.5, 0.6) is 0 Å². The summed E-state index contributed by atoms with van der Waals surface area (Å²) in [6.07, 6.45) is 3.78. The third kappa shape index (κ3) is 5.17. The lowest BCUT2D eigenvalue weighted by Crippen LogP contribution is -2.42. The predicted molar refractivity (Wildman–Crippen MR) is 64.6 cm³/mol. The lowest BCUT2D eigenvalue weighted by atomic mass is 10.1. The van der Waals surface area contributed by atoms with Gasteiger partial charge in [-0.15, -0.1) is 0 Å². The van der Waals surface area contributed by atoms with Crippen LogP contribution in [0.3, 0.4) is 0 Å². The Bertz CT molecular complexity index is 262. The molecule has 1 amide bonds. The lowest BCUT2D eigenvalue weighted by molar-refractivity contribution is -0.141. The third-order valence-corrected chi connectivity index (χ3v) is 3.04. The molecule has 1 aliphatic heterocycles. The van der Waals surface area contributed by atoms with E-state index in [9.17, 15) is 9.59 Å². The fourth-order valence-corrected chi connectivity index (χ4v) is 1.94. The first-order valence-corrected chi connectivity index (χ1v) is 6.16. The molecule has 0 unspecified atom stereocenters. The van der Waals surface area contributed by atoms with Gasteiger partial charge in [-0.25, -0.2) is 0 Å². The summed E-state index contributed by atoms with van der Waals surface area (Å²) in [5.74, 6) is -0.0701. The highest BCUT2D eigenvalue weighted by molar-refractivity contribution is 5.78. The van der Waals surface area contributed by atoms with Crippen molar-refractivity contribution in [1.82, 2.24) is 9.80 Å². The van der Waals surface area contributed by atoms with E-state index in [0.717, 1.165) is 25.9 Å². The minimum Gasteiger partial charge on any atom is -0.469 e. The summed E-state index contributed by atoms with van der Waals surface area (Å²) < 4.78 is 4.56. The highest BCUT2D eigenvalue weighted by Gasteiger charge is 2.17. The highest BCUT2D eigenvalue weighted by Crippen LogP contribution is 2.08. The van der Waals surface area contributed by atoms with Crippen molar-refractivity contribution in [3.05, 3.63) is 0 Å². The van der Waals surface area contributed by atoms with Gasteiger partial charge in [0.1, 0.15) is 0 Å². The Morgan fingerprint density at radius 2 is 1.88 bits per heavy atom. The van der Waals surface area contributed by atoms with Crippen LogP contribution in [0, 0.1) is 0 Å². The van der Waals surface area contributed by atoms with E-state index >= 15 is 0 Å². The van der Waals surface area contributed by atoms with Crippen molar-refractivity contribution in [2.24, 2.45) is 0 Å². The van der Waals surface area contributed by atoms with Crippen molar-refractivity contribution in [1.29, 1.82) is 0 Å². The van der Waals surface area contributed by atoms with E-state index in [1.54, 1.807) is 0 Å². The summed E-state index contributed by atoms with van der Waals surface area (Å²) in [5.41, 5.74) is 0. The van der Waals surface area contributed by atoms with Crippen LogP contribution in [0.2, 0.25) is 0 Å². The first-order valence-electron chi connectivity index (χ1n) is 6.16. The second-order valence-electron chi connectivity index (χ2n) is 4.51. The molecular weight excluding hydrogens is 220 g/mol. The van der Waals surface area contributed by atoms with Crippen LogP contribution in [0.4, 0.5) is 0 Å². The van der Waals surface area contributed by atoms with Gasteiger partial charge in [-0.05, 0) is 26.3 Å². The minimum absolute atomic E-state index is 0.164. The molecule has 0 aliphatic carbocycles. The van der Waals surface area contributed by atoms with Gasteiger partial charge in [0.15, 0.2) is 0 Å². The van der Waals surface area contributed by atoms with E-state index < -0.39 is 0 Å². The highest BCUT2D eigenvalue weighted by atomic mass is 16.5. The summed E-state index contributed by atoms with van der Waals surface area (Å²) in [6, 6.07) is 0. The number of methoxy groups -OCH3 is 1. The normalized spacial score (nSPS) is 16.1. The molecule has 0 spiro atoms. The van der Waals surface area contributed by atoms with Gasteiger partial charge in [-0.2, -0.15) is 0 Å². The number of esters is 1. The number of rotatable bonds is 5. The molecule has 0 saturated carbocycles. The van der Waals surface area contributed by atoms with Crippen molar-refractivity contribution in [3.63, 3.8) is 0 Å². The fraction of sp³-hybridized carbons (Fsp3) is 0.833. The van der Waals surface area contributed by atoms with E-state index in [1.165, 1.54) is 13.5 Å². The maximum atomic E-state index is 11.9. The molecule has 0 radical (unpaired) electrons. The maximum Gasteiger partial charge on any atom is 0.306 e. The SMILES string of the molecule is COC(=O)CCN(C)CC(=O)N1CCCCC1. The third-order valence-electron chi connectivity index (χ3n) is 3.04. The Morgan fingerprint density at radius 1 is 1.24 bits per heavy atom. The second-order valence-corrected chi connectivity index (χ2v) is 4.51. The van der Waals surface area contributed by atoms with Crippen molar-refractivity contribution >= 4 is 11.9 Å². The molecule has 0 aromatic heterocycles. The number of hydrogen-bond donors (Lipinski definition) is 0. The minimum atomic E-state index is -0.234. The van der Waals surface area contributed by atoms with Crippen molar-refractivity contribution in [2.45, 2.75) is 25.7 Å². The predicted octanol–water partition coefficient (Wildman–Crippen LogP) is 0.494. The number of likely N-dealkylation sites (N-methyl/N-ethyl adjacent to an activating group) is 1. The van der Waals surface area contributed by atoms with Crippen LogP contribution in [0.15, 0.2) is 0 Å². The molecule has 1 aliphatic rings. The maximum absolute atomic E-state index is 11.9. The van der Waals surface area contributed by atoms with Gasteiger partial charge in [-0.1, -0.05) is 0 Å². The molecular formula is C12H22N2O3. The lowest BCUT2D eigenvalue weighted by Gasteiger charge is -2.28. The van der Waals surface area contributed by atoms with E-state index in [2.05, 4.69) is 4.74 Å². The van der Waals surface area contributed by atoms with E-state index in [1.807, 2.05) is 16.8 Å². The summed E-state index contributed by atoms with van der Waals surface area (Å²) in [6.45, 7) is 2.70. The zero-order valence-corrected chi connectivity index (χ0v) is 10.8. The number of ether oxygens (including phenoxy) is 1. The summed E-state index contributed by atoms with van der Waals surface area (Å²) in [4.78, 5) is 26.6. The zero-order chi connectivity index (χ0) is 12.7. The average Bonchev–Trinajstić information content (AvgIpc) is 2.36. The van der Waals surface area contributed by atoms with Crippen molar-refractivity contribution < 1.29 is 14.3 Å². The first-order chi connectivity index (χ1) is 8.13. The van der Waals surface area contributed by atoms with Crippen LogP contribution >= 0.6 is 0 Å². The van der Waals surface area contributed by atoms with E-state index in [-0.39, 0.29) is 11.9 Å². The molecule has 1 fully saturated rings. The monoisotopic (exact) mass is 242 g/mol. The Balaban J connectivity index is 2.22. The molecule has 0 bridgehead atoms. The van der Waals surface area contributed by atoms with E-state index in [0.29, 0.717) is 19.5 Å². The Kier molecular flexibility index (Phi) is 5.97. The number of amides is 1. The molecule has 5 heteroatoms. The topological polar surface area (TPSA) is 49.9 Å². The van der Waals surface area contributed by atoms with Gasteiger partial charge in [0, 0.05) is 19.6 Å². The van der Waals surface area contributed by atoms with Gasteiger partial charge in [-0.3, -0.25) is 14.5 Å². The summed E-state index contributed by atoms with van der Waals surface area (Å²) in [5, 5.41) is 0. The standard InChI is InChI=1S/C12H22N2O3/c1-13(9-6-12(16)17-2)10-11(15)14-7-4-3-5-8-14/h3-10H2,1-2H3. The molecule has 5 nitrogen and oxygen atoms in total. The molecule has 98 valence electrons. The average molecular weight is 242 g/mol. The van der Waals surface area contributed by atoms with Crippen LogP contribution in [0.1, 0.15) is 25.7 Å². The smallest absolute Gasteiger partial charge is 0.306 e. The van der Waals surface area contributed by atoms with Crippen molar-refractivity contribution in [2.75, 3.05) is 40.3 Å². The second kappa shape index (κ2) is 7.27. The number of nitrogens with zero attached hydrogens (tertiary/aromatic N) is 2. The fourth-order valence-electron chi connectivity index (χ4n) is 1.94. The first kappa shape index (κ1) is 14.0. The summed E-state index contributed by atoms with van der Waals surface area (Å²) >= 11 is 0. The van der Waals surface area contributed by atoms with Gasteiger partial charge >= 0.3 is 5.97 Å². The number of carbonyl (C=O) groups is 2. The Hall–Kier alpha value is -1.10. The molecule has 1 rings (SSSR count). The Morgan fingerprint density at radius 3 is 2.47 bits per heavy atom. The zero-order valence-electron chi connectivity index (χ0n) is 10.8. The number of likely N-dealkylation sites (tertiary alicyclic amines) is 1. The number of carbonyl (C=O) groups excluding carboxylic acids is 2. The van der Waals surface area contributed by atoms with Crippen molar-refractivity contribution in [3.8, 4) is 0 Å². The molecule has 0 aromatic rings. The van der Waals surface area contributed by atoms with Gasteiger partial charge < -0.3 is 9.64 Å². The quantitative estimate of drug-likeness (QED) is 0.659. The molecule has 0 atom stereocenters. The van der Waals surface area contributed by atoms with E-state index in [4.69, 9.17) is 0 Å². The van der Waals surface area contributed by atoms with Gasteiger partial charge in [0.2, 0.25) is 5.91 Å². The number of piperidine rings is 1. The molecule has 1 saturated heterocycles. The molecule has 1 heterocycles. The van der Waals surface area contributed by atoms with Crippen LogP contribution in [0.25, 0.3) is 0 Å². The summed E-state index contributed by atoms with van der Waals surface area (Å²) in [7, 11) is 3.23. The number of hydrogen-bond acceptors (Lipinski definition) is 4. The molecule has 0 aromatic carbocycles. The molecule has 0 N–H and O–H groups in total. The van der Waals surface area contributed by atoms with Crippen LogP contribution in [-0.2, 0) is 14.3 Å². The van der Waals surface area contributed by atoms with Crippen LogP contribution in [-0.4, -0.2) is 62.0 Å². The van der Waals surface area contributed by atoms with Gasteiger partial charge in [0.25, 0.3) is 0 Å². The largest absolute Gasteiger partial charge is 0.469 e. The van der Waals surface area contributed by atoms with Crippen LogP contribution < -0.4 is 0 Å². The molecule has 17 heavy (non-hydrogen) atoms. The Labute approximate surface area is 103 Å². The van der Waals surface area contributed by atoms with Gasteiger partial charge in [0.05, 0.1) is 20.1 Å².